The Kier molecular flexibility index (Phi) is 9.20. The largest absolute Gasteiger partial charge is 0.390 e. The van der Waals surface area contributed by atoms with Crippen molar-refractivity contribution in [2.45, 2.75) is 83.3 Å². The first-order valence-electron chi connectivity index (χ1n) is 9.11. The molecule has 130 valence electrons. The molecule has 0 unspecified atom stereocenters. The summed E-state index contributed by atoms with van der Waals surface area (Å²) < 4.78 is 0. The quantitative estimate of drug-likeness (QED) is 0.419. The number of aryl methyl sites for hydroxylation is 1. The van der Waals surface area contributed by atoms with Gasteiger partial charge >= 0.3 is 0 Å². The van der Waals surface area contributed by atoms with Gasteiger partial charge in [-0.05, 0) is 37.3 Å². The minimum Gasteiger partial charge on any atom is -0.390 e. The lowest BCUT2D eigenvalue weighted by molar-refractivity contribution is -0.0569. The van der Waals surface area contributed by atoms with Gasteiger partial charge in [0.2, 0.25) is 0 Å². The van der Waals surface area contributed by atoms with Crippen LogP contribution in [0.4, 0.5) is 0 Å². The van der Waals surface area contributed by atoms with E-state index in [1.54, 1.807) is 0 Å². The first-order chi connectivity index (χ1) is 11.0. The first-order valence-corrected chi connectivity index (χ1v) is 9.11. The van der Waals surface area contributed by atoms with E-state index in [9.17, 15) is 10.2 Å². The van der Waals surface area contributed by atoms with E-state index in [0.717, 1.165) is 19.3 Å². The molecule has 1 rings (SSSR count). The van der Waals surface area contributed by atoms with Crippen LogP contribution in [-0.2, 0) is 6.42 Å². The molecule has 2 atom stereocenters. The average molecular weight is 319 g/mol. The molecule has 2 N–H and O–H groups in total. The van der Waals surface area contributed by atoms with Crippen molar-refractivity contribution in [2.24, 2.45) is 0 Å². The van der Waals surface area contributed by atoms with Gasteiger partial charge in [-0.25, -0.2) is 0 Å². The van der Waals surface area contributed by atoms with Gasteiger partial charge in [0.25, 0.3) is 0 Å². The molecule has 0 bridgehead atoms. The molecule has 0 saturated carbocycles. The second-order valence-corrected chi connectivity index (χ2v) is 6.76. The van der Waals surface area contributed by atoms with Crippen molar-refractivity contribution in [1.29, 1.82) is 0 Å². The number of aliphatic hydroxyl groups is 2. The van der Waals surface area contributed by atoms with Crippen LogP contribution in [0.15, 0.2) is 42.5 Å². The Balaban J connectivity index is 2.46. The van der Waals surface area contributed by atoms with Crippen molar-refractivity contribution >= 4 is 0 Å². The number of benzene rings is 1. The zero-order chi connectivity index (χ0) is 17.1. The second-order valence-electron chi connectivity index (χ2n) is 6.76. The highest BCUT2D eigenvalue weighted by Crippen LogP contribution is 2.29. The summed E-state index contributed by atoms with van der Waals surface area (Å²) in [7, 11) is 0. The Morgan fingerprint density at radius 1 is 1.09 bits per heavy atom. The van der Waals surface area contributed by atoms with Crippen LogP contribution in [0, 0.1) is 0 Å². The summed E-state index contributed by atoms with van der Waals surface area (Å²) in [5.74, 6) is 0. The van der Waals surface area contributed by atoms with E-state index in [2.05, 4.69) is 25.6 Å². The normalized spacial score (nSPS) is 15.1. The molecular weight excluding hydrogens is 284 g/mol. The van der Waals surface area contributed by atoms with E-state index in [1.807, 2.05) is 25.1 Å². The summed E-state index contributed by atoms with van der Waals surface area (Å²) in [6.07, 6.45) is 8.29. The summed E-state index contributed by atoms with van der Waals surface area (Å²) in [6, 6.07) is 10.1. The molecule has 2 heteroatoms. The Bertz CT molecular complexity index is 440. The van der Waals surface area contributed by atoms with Gasteiger partial charge in [-0.2, -0.15) is 0 Å². The van der Waals surface area contributed by atoms with E-state index >= 15 is 0 Å². The van der Waals surface area contributed by atoms with Gasteiger partial charge in [-0.3, -0.25) is 0 Å². The monoisotopic (exact) mass is 318 g/mol. The molecule has 0 aliphatic rings. The third-order valence-corrected chi connectivity index (χ3v) is 4.76. The molecule has 0 heterocycles. The molecule has 0 radical (unpaired) electrons. The van der Waals surface area contributed by atoms with Gasteiger partial charge in [0.15, 0.2) is 0 Å². The van der Waals surface area contributed by atoms with Crippen molar-refractivity contribution in [1.82, 2.24) is 0 Å². The van der Waals surface area contributed by atoms with Gasteiger partial charge in [0, 0.05) is 0 Å². The van der Waals surface area contributed by atoms with Crippen LogP contribution in [0.2, 0.25) is 0 Å². The minimum absolute atomic E-state index is 0.517. The van der Waals surface area contributed by atoms with E-state index < -0.39 is 11.7 Å². The third kappa shape index (κ3) is 6.88. The first kappa shape index (κ1) is 19.9. The summed E-state index contributed by atoms with van der Waals surface area (Å²) in [5.41, 5.74) is 0.657. The predicted octanol–water partition coefficient (Wildman–Crippen LogP) is 5.04. The fraction of sp³-hybridized carbons (Fsp3) is 0.619. The maximum atomic E-state index is 10.9. The smallest absolute Gasteiger partial charge is 0.111 e. The molecule has 0 aromatic heterocycles. The van der Waals surface area contributed by atoms with Crippen molar-refractivity contribution in [3.63, 3.8) is 0 Å². The van der Waals surface area contributed by atoms with Crippen molar-refractivity contribution in [3.05, 3.63) is 48.0 Å². The lowest BCUT2D eigenvalue weighted by Crippen LogP contribution is -2.43. The van der Waals surface area contributed by atoms with Crippen LogP contribution < -0.4 is 0 Å². The van der Waals surface area contributed by atoms with Gasteiger partial charge in [0.1, 0.15) is 5.60 Å². The molecular formula is C21H34O2. The Morgan fingerprint density at radius 2 is 1.70 bits per heavy atom. The highest BCUT2D eigenvalue weighted by molar-refractivity contribution is 5.18. The summed E-state index contributed by atoms with van der Waals surface area (Å²) >= 11 is 0. The number of hydrogen-bond acceptors (Lipinski definition) is 2. The van der Waals surface area contributed by atoms with Crippen LogP contribution in [-0.4, -0.2) is 21.9 Å². The van der Waals surface area contributed by atoms with Gasteiger partial charge < -0.3 is 10.2 Å². The van der Waals surface area contributed by atoms with Gasteiger partial charge in [-0.1, -0.05) is 82.4 Å². The molecule has 23 heavy (non-hydrogen) atoms. The molecule has 2 nitrogen and oxygen atoms in total. The summed E-state index contributed by atoms with van der Waals surface area (Å²) in [4.78, 5) is 0. The summed E-state index contributed by atoms with van der Waals surface area (Å²) in [6.45, 7) is 7.95. The zero-order valence-electron chi connectivity index (χ0n) is 14.9. The van der Waals surface area contributed by atoms with Crippen LogP contribution in [0.3, 0.4) is 0 Å². The standard InChI is InChI=1S/C21H34O2/c1-4-5-6-7-8-12-15-20(22)21(23,18(2)3)17-16-19-13-10-9-11-14-19/h9-11,13-14,20,22-23H,2,4-8,12,15-17H2,1,3H3/t20-,21+/m1/s1. The number of rotatable bonds is 12. The zero-order valence-corrected chi connectivity index (χ0v) is 14.9. The predicted molar refractivity (Wildman–Crippen MR) is 98.5 cm³/mol. The minimum atomic E-state index is -1.18. The molecule has 1 aromatic rings. The van der Waals surface area contributed by atoms with Gasteiger partial charge in [0.05, 0.1) is 6.10 Å². The van der Waals surface area contributed by atoms with Crippen molar-refractivity contribution < 1.29 is 10.2 Å². The summed E-state index contributed by atoms with van der Waals surface area (Å²) in [5, 5.41) is 21.4. The molecule has 0 aliphatic heterocycles. The lowest BCUT2D eigenvalue weighted by Gasteiger charge is -2.34. The Labute approximate surface area is 142 Å². The van der Waals surface area contributed by atoms with E-state index in [4.69, 9.17) is 0 Å². The fourth-order valence-corrected chi connectivity index (χ4v) is 3.00. The third-order valence-electron chi connectivity index (χ3n) is 4.76. The van der Waals surface area contributed by atoms with Crippen LogP contribution in [0.1, 0.15) is 70.8 Å². The highest BCUT2D eigenvalue weighted by atomic mass is 16.3. The SMILES string of the molecule is C=C(C)[C@@](O)(CCc1ccccc1)[C@H](O)CCCCCCCC. The number of hydrogen-bond donors (Lipinski definition) is 2. The van der Waals surface area contributed by atoms with Crippen molar-refractivity contribution in [3.8, 4) is 0 Å². The molecule has 1 aromatic carbocycles. The Morgan fingerprint density at radius 3 is 2.30 bits per heavy atom. The maximum absolute atomic E-state index is 10.9. The fourth-order valence-electron chi connectivity index (χ4n) is 3.00. The van der Waals surface area contributed by atoms with Crippen LogP contribution >= 0.6 is 0 Å². The number of aliphatic hydroxyl groups excluding tert-OH is 1. The van der Waals surface area contributed by atoms with Crippen LogP contribution in [0.25, 0.3) is 0 Å². The topological polar surface area (TPSA) is 40.5 Å². The van der Waals surface area contributed by atoms with E-state index in [-0.39, 0.29) is 0 Å². The van der Waals surface area contributed by atoms with E-state index in [0.29, 0.717) is 18.4 Å². The lowest BCUT2D eigenvalue weighted by atomic mass is 9.82. The highest BCUT2D eigenvalue weighted by Gasteiger charge is 2.35. The van der Waals surface area contributed by atoms with E-state index in [1.165, 1.54) is 31.2 Å². The molecule has 0 spiro atoms. The van der Waals surface area contributed by atoms with Crippen LogP contribution in [0.5, 0.6) is 0 Å². The molecule has 0 amide bonds. The number of unbranched alkanes of at least 4 members (excludes halogenated alkanes) is 5. The molecule has 0 fully saturated rings. The average Bonchev–Trinajstić information content (AvgIpc) is 2.56. The second kappa shape index (κ2) is 10.6. The van der Waals surface area contributed by atoms with Gasteiger partial charge in [-0.15, -0.1) is 0 Å². The molecule has 0 saturated heterocycles. The van der Waals surface area contributed by atoms with Crippen molar-refractivity contribution in [2.75, 3.05) is 0 Å². The maximum Gasteiger partial charge on any atom is 0.111 e. The Hall–Kier alpha value is -1.12. The molecule has 0 aliphatic carbocycles.